The first-order chi connectivity index (χ1) is 9.60. The number of nitrogens with one attached hydrogen (secondary N) is 2. The molecule has 1 saturated heterocycles. The predicted octanol–water partition coefficient (Wildman–Crippen LogP) is 1.81. The van der Waals surface area contributed by atoms with E-state index in [1.807, 2.05) is 6.92 Å². The third-order valence-electron chi connectivity index (χ3n) is 3.45. The molecule has 1 aromatic rings. The molecule has 1 aliphatic rings. The summed E-state index contributed by atoms with van der Waals surface area (Å²) in [7, 11) is 0. The second kappa shape index (κ2) is 6.69. The standard InChI is InChI=1S/C13H22N4O3/c1-4-10-15-13(20-17-10)16-12(18)14-7-9-5-6-19-11(9)8(2)3/h8-9,11H,4-7H2,1-3H3,(H2,14,15,16,17,18)/t9-,11-/m1/s1. The summed E-state index contributed by atoms with van der Waals surface area (Å²) in [5.74, 6) is 1.38. The van der Waals surface area contributed by atoms with Gasteiger partial charge in [-0.3, -0.25) is 5.32 Å². The Balaban J connectivity index is 1.77. The normalized spacial score (nSPS) is 22.2. The average Bonchev–Trinajstić information content (AvgIpc) is 3.04. The molecular formula is C13H22N4O3. The van der Waals surface area contributed by atoms with E-state index in [-0.39, 0.29) is 18.1 Å². The van der Waals surface area contributed by atoms with E-state index in [0.717, 1.165) is 13.0 Å². The van der Waals surface area contributed by atoms with Crippen molar-refractivity contribution in [2.75, 3.05) is 18.5 Å². The number of hydrogen-bond acceptors (Lipinski definition) is 5. The first-order valence-corrected chi connectivity index (χ1v) is 7.09. The maximum Gasteiger partial charge on any atom is 0.329 e. The van der Waals surface area contributed by atoms with Crippen molar-refractivity contribution < 1.29 is 14.1 Å². The zero-order valence-electron chi connectivity index (χ0n) is 12.2. The van der Waals surface area contributed by atoms with Gasteiger partial charge in [0.15, 0.2) is 5.82 Å². The van der Waals surface area contributed by atoms with Crippen LogP contribution in [-0.4, -0.2) is 35.4 Å². The van der Waals surface area contributed by atoms with Crippen molar-refractivity contribution in [3.63, 3.8) is 0 Å². The highest BCUT2D eigenvalue weighted by Crippen LogP contribution is 2.26. The summed E-state index contributed by atoms with van der Waals surface area (Å²) in [6, 6.07) is -0.201. The lowest BCUT2D eigenvalue weighted by atomic mass is 9.93. The number of carbonyl (C=O) groups excluding carboxylic acids is 1. The zero-order valence-corrected chi connectivity index (χ0v) is 12.2. The second-order valence-corrected chi connectivity index (χ2v) is 5.33. The van der Waals surface area contributed by atoms with Crippen LogP contribution in [0.5, 0.6) is 0 Å². The Hall–Kier alpha value is -1.63. The lowest BCUT2D eigenvalue weighted by Crippen LogP contribution is -2.37. The number of hydrogen-bond donors (Lipinski definition) is 2. The summed E-state index contributed by atoms with van der Waals surface area (Å²) < 4.78 is 10.6. The van der Waals surface area contributed by atoms with Gasteiger partial charge in [0.05, 0.1) is 6.10 Å². The largest absolute Gasteiger partial charge is 0.378 e. The van der Waals surface area contributed by atoms with Gasteiger partial charge in [0.2, 0.25) is 0 Å². The molecule has 7 nitrogen and oxygen atoms in total. The van der Waals surface area contributed by atoms with E-state index in [0.29, 0.717) is 30.6 Å². The van der Waals surface area contributed by atoms with Crippen LogP contribution in [0.15, 0.2) is 4.52 Å². The Kier molecular flexibility index (Phi) is 4.94. The van der Waals surface area contributed by atoms with Crippen LogP contribution in [0.4, 0.5) is 10.8 Å². The van der Waals surface area contributed by atoms with Crippen molar-refractivity contribution in [2.24, 2.45) is 11.8 Å². The summed E-state index contributed by atoms with van der Waals surface area (Å²) >= 11 is 0. The van der Waals surface area contributed by atoms with Crippen molar-refractivity contribution in [1.82, 2.24) is 15.5 Å². The fourth-order valence-corrected chi connectivity index (χ4v) is 2.42. The van der Waals surface area contributed by atoms with Gasteiger partial charge in [-0.15, -0.1) is 0 Å². The molecule has 2 heterocycles. The molecule has 0 unspecified atom stereocenters. The number of aryl methyl sites for hydroxylation is 1. The molecule has 7 heteroatoms. The van der Waals surface area contributed by atoms with E-state index in [1.54, 1.807) is 0 Å². The van der Waals surface area contributed by atoms with E-state index < -0.39 is 0 Å². The Morgan fingerprint density at radius 1 is 1.50 bits per heavy atom. The van der Waals surface area contributed by atoms with Crippen molar-refractivity contribution in [3.8, 4) is 0 Å². The van der Waals surface area contributed by atoms with Crippen LogP contribution in [0.25, 0.3) is 0 Å². The number of rotatable bonds is 5. The molecule has 0 spiro atoms. The average molecular weight is 282 g/mol. The first-order valence-electron chi connectivity index (χ1n) is 7.09. The minimum Gasteiger partial charge on any atom is -0.378 e. The van der Waals surface area contributed by atoms with E-state index in [9.17, 15) is 4.79 Å². The van der Waals surface area contributed by atoms with Crippen LogP contribution in [0.3, 0.4) is 0 Å². The number of carbonyl (C=O) groups is 1. The first kappa shape index (κ1) is 14.8. The minimum atomic E-state index is -0.328. The number of ether oxygens (including phenoxy) is 1. The molecule has 0 aromatic carbocycles. The number of aromatic nitrogens is 2. The molecule has 112 valence electrons. The molecule has 1 aromatic heterocycles. The Labute approximate surface area is 118 Å². The fraction of sp³-hybridized carbons (Fsp3) is 0.769. The monoisotopic (exact) mass is 282 g/mol. The van der Waals surface area contributed by atoms with E-state index in [2.05, 4.69) is 34.6 Å². The molecular weight excluding hydrogens is 260 g/mol. The van der Waals surface area contributed by atoms with Crippen LogP contribution < -0.4 is 10.6 Å². The summed E-state index contributed by atoms with van der Waals surface area (Å²) in [5.41, 5.74) is 0. The van der Waals surface area contributed by atoms with Crippen LogP contribution in [0.1, 0.15) is 33.0 Å². The van der Waals surface area contributed by atoms with Crippen LogP contribution in [0, 0.1) is 11.8 Å². The second-order valence-electron chi connectivity index (χ2n) is 5.33. The van der Waals surface area contributed by atoms with E-state index in [1.165, 1.54) is 0 Å². The van der Waals surface area contributed by atoms with Gasteiger partial charge in [0.1, 0.15) is 0 Å². The zero-order chi connectivity index (χ0) is 14.5. The lowest BCUT2D eigenvalue weighted by Gasteiger charge is -2.22. The molecule has 0 radical (unpaired) electrons. The van der Waals surface area contributed by atoms with Gasteiger partial charge in [0.25, 0.3) is 0 Å². The van der Waals surface area contributed by atoms with Gasteiger partial charge >= 0.3 is 12.0 Å². The van der Waals surface area contributed by atoms with Crippen molar-refractivity contribution in [3.05, 3.63) is 5.82 Å². The van der Waals surface area contributed by atoms with E-state index in [4.69, 9.17) is 9.26 Å². The molecule has 1 aliphatic heterocycles. The van der Waals surface area contributed by atoms with Gasteiger partial charge in [-0.2, -0.15) is 4.98 Å². The van der Waals surface area contributed by atoms with Gasteiger partial charge in [0, 0.05) is 25.5 Å². The topological polar surface area (TPSA) is 89.3 Å². The van der Waals surface area contributed by atoms with Crippen LogP contribution in [0.2, 0.25) is 0 Å². The number of urea groups is 1. The summed E-state index contributed by atoms with van der Waals surface area (Å²) in [6.45, 7) is 7.53. The smallest absolute Gasteiger partial charge is 0.329 e. The van der Waals surface area contributed by atoms with Gasteiger partial charge in [-0.1, -0.05) is 25.9 Å². The van der Waals surface area contributed by atoms with Crippen molar-refractivity contribution in [2.45, 2.75) is 39.7 Å². The summed E-state index contributed by atoms with van der Waals surface area (Å²) in [5, 5.41) is 9.07. The van der Waals surface area contributed by atoms with Crippen molar-refractivity contribution in [1.29, 1.82) is 0 Å². The van der Waals surface area contributed by atoms with Crippen LogP contribution in [-0.2, 0) is 11.2 Å². The maximum absolute atomic E-state index is 11.8. The summed E-state index contributed by atoms with van der Waals surface area (Å²) in [6.07, 6.45) is 1.86. The Morgan fingerprint density at radius 2 is 2.30 bits per heavy atom. The third kappa shape index (κ3) is 3.69. The van der Waals surface area contributed by atoms with Gasteiger partial charge in [-0.25, -0.2) is 4.79 Å². The molecule has 2 N–H and O–H groups in total. The fourth-order valence-electron chi connectivity index (χ4n) is 2.42. The van der Waals surface area contributed by atoms with Gasteiger partial charge < -0.3 is 14.6 Å². The van der Waals surface area contributed by atoms with Gasteiger partial charge in [-0.05, 0) is 12.3 Å². The number of anilines is 1. The maximum atomic E-state index is 11.8. The lowest BCUT2D eigenvalue weighted by molar-refractivity contribution is 0.0546. The molecule has 0 saturated carbocycles. The highest BCUT2D eigenvalue weighted by atomic mass is 16.5. The number of amides is 2. The molecule has 0 aliphatic carbocycles. The van der Waals surface area contributed by atoms with Crippen molar-refractivity contribution >= 4 is 12.0 Å². The highest BCUT2D eigenvalue weighted by Gasteiger charge is 2.30. The minimum absolute atomic E-state index is 0.127. The summed E-state index contributed by atoms with van der Waals surface area (Å²) in [4.78, 5) is 15.8. The third-order valence-corrected chi connectivity index (χ3v) is 3.45. The molecule has 2 atom stereocenters. The molecule has 1 fully saturated rings. The molecule has 2 rings (SSSR count). The van der Waals surface area contributed by atoms with E-state index >= 15 is 0 Å². The quantitative estimate of drug-likeness (QED) is 0.859. The molecule has 0 bridgehead atoms. The predicted molar refractivity (Wildman–Crippen MR) is 73.4 cm³/mol. The van der Waals surface area contributed by atoms with Crippen LogP contribution >= 0.6 is 0 Å². The molecule has 20 heavy (non-hydrogen) atoms. The number of nitrogens with zero attached hydrogens (tertiary/aromatic N) is 2. The highest BCUT2D eigenvalue weighted by molar-refractivity contribution is 5.86. The Bertz CT molecular complexity index is 447. The molecule has 2 amide bonds. The SMILES string of the molecule is CCc1noc(NC(=O)NC[C@H]2CCO[C@@H]2C(C)C)n1. The Morgan fingerprint density at radius 3 is 2.95 bits per heavy atom.